The fraction of sp³-hybridized carbons (Fsp3) is 0.704. The Morgan fingerprint density at radius 1 is 1.10 bits per heavy atom. The van der Waals surface area contributed by atoms with E-state index < -0.39 is 6.10 Å². The molecule has 0 heterocycles. The van der Waals surface area contributed by atoms with Crippen molar-refractivity contribution in [2.75, 3.05) is 26.7 Å². The Morgan fingerprint density at radius 3 is 2.23 bits per heavy atom. The lowest BCUT2D eigenvalue weighted by Gasteiger charge is -2.43. The van der Waals surface area contributed by atoms with E-state index in [4.69, 9.17) is 4.74 Å². The monoisotopic (exact) mass is 416 g/mol. The molecule has 30 heavy (non-hydrogen) atoms. The van der Waals surface area contributed by atoms with Gasteiger partial charge in [0.1, 0.15) is 25.0 Å². The van der Waals surface area contributed by atoms with Crippen LogP contribution in [0.4, 0.5) is 0 Å². The van der Waals surface area contributed by atoms with E-state index in [9.17, 15) is 5.11 Å². The van der Waals surface area contributed by atoms with Crippen LogP contribution >= 0.6 is 0 Å². The number of ether oxygens (including phenoxy) is 1. The molecule has 0 spiro atoms. The second-order valence-corrected chi connectivity index (χ2v) is 11.5. The maximum atomic E-state index is 10.7. The predicted molar refractivity (Wildman–Crippen MR) is 128 cm³/mol. The number of nitrogens with zero attached hydrogens (tertiary/aromatic N) is 1. The minimum Gasteiger partial charge on any atom is -0.491 e. The van der Waals surface area contributed by atoms with Gasteiger partial charge in [0.15, 0.2) is 0 Å². The molecular weight excluding hydrogens is 370 g/mol. The summed E-state index contributed by atoms with van der Waals surface area (Å²) in [7, 11) is 2.27. The van der Waals surface area contributed by atoms with Crippen molar-refractivity contribution in [3.05, 3.63) is 42.5 Å². The van der Waals surface area contributed by atoms with E-state index in [0.717, 1.165) is 23.2 Å². The first kappa shape index (κ1) is 24.9. The van der Waals surface area contributed by atoms with Crippen LogP contribution in [0.1, 0.15) is 78.7 Å². The van der Waals surface area contributed by atoms with Crippen LogP contribution in [0.2, 0.25) is 0 Å². The Balaban J connectivity index is 1.93. The van der Waals surface area contributed by atoms with Crippen LogP contribution in [0.25, 0.3) is 0 Å². The van der Waals surface area contributed by atoms with E-state index in [1.807, 2.05) is 18.2 Å². The Morgan fingerprint density at radius 2 is 1.70 bits per heavy atom. The summed E-state index contributed by atoms with van der Waals surface area (Å²) < 4.78 is 6.83. The van der Waals surface area contributed by atoms with E-state index >= 15 is 0 Å². The lowest BCUT2D eigenvalue weighted by Crippen LogP contribution is -2.57. The first-order valence-corrected chi connectivity index (χ1v) is 11.8. The summed E-state index contributed by atoms with van der Waals surface area (Å²) in [5.74, 6) is 0.833. The molecule has 1 unspecified atom stereocenters. The van der Waals surface area contributed by atoms with Crippen molar-refractivity contribution < 1.29 is 14.3 Å². The largest absolute Gasteiger partial charge is 0.491 e. The summed E-state index contributed by atoms with van der Waals surface area (Å²) in [6.07, 6.45) is 9.11. The number of aliphatic hydroxyl groups is 1. The van der Waals surface area contributed by atoms with E-state index in [1.165, 1.54) is 37.7 Å². The van der Waals surface area contributed by atoms with E-state index in [0.29, 0.717) is 19.2 Å². The van der Waals surface area contributed by atoms with Crippen molar-refractivity contribution in [1.29, 1.82) is 0 Å². The smallest absolute Gasteiger partial charge is 0.137 e. The maximum absolute atomic E-state index is 10.7. The molecular formula is C27H46NO2+. The lowest BCUT2D eigenvalue weighted by atomic mass is 9.72. The summed E-state index contributed by atoms with van der Waals surface area (Å²) in [6, 6.07) is 9.06. The molecule has 0 aliphatic heterocycles. The zero-order valence-electron chi connectivity index (χ0n) is 20.4. The summed E-state index contributed by atoms with van der Waals surface area (Å²) in [6.45, 7) is 17.4. The van der Waals surface area contributed by atoms with Gasteiger partial charge in [0.25, 0.3) is 0 Å². The highest BCUT2D eigenvalue weighted by molar-refractivity contribution is 5.31. The fourth-order valence-corrected chi connectivity index (χ4v) is 5.53. The molecule has 2 atom stereocenters. The van der Waals surface area contributed by atoms with Gasteiger partial charge in [0.05, 0.1) is 19.6 Å². The standard InChI is InChI=1S/C27H46NO2/c1-8-18-28(7,23-12-10-9-11-13-23)19-24(29)20-30-25-16-14-22(15-17-25)27(5,6)21-26(2,3)4/h8,14-17,23-24,29H,1,9-13,18-21H2,2-7H3/q+1/t24-,28?/m0/s1. The van der Waals surface area contributed by atoms with Gasteiger partial charge in [-0.05, 0) is 66.7 Å². The first-order chi connectivity index (χ1) is 14.0. The molecule has 1 fully saturated rings. The number of hydrogen-bond acceptors (Lipinski definition) is 2. The van der Waals surface area contributed by atoms with Gasteiger partial charge in [-0.1, -0.05) is 59.8 Å². The first-order valence-electron chi connectivity index (χ1n) is 11.8. The Kier molecular flexibility index (Phi) is 8.59. The highest BCUT2D eigenvalue weighted by Crippen LogP contribution is 2.36. The quantitative estimate of drug-likeness (QED) is 0.368. The third kappa shape index (κ3) is 7.42. The number of rotatable bonds is 10. The van der Waals surface area contributed by atoms with Gasteiger partial charge in [-0.15, -0.1) is 0 Å². The number of likely N-dealkylation sites (N-methyl/N-ethyl adjacent to an activating group) is 1. The second kappa shape index (κ2) is 10.3. The maximum Gasteiger partial charge on any atom is 0.137 e. The number of quaternary nitrogens is 1. The molecule has 1 aliphatic rings. The van der Waals surface area contributed by atoms with Crippen molar-refractivity contribution in [1.82, 2.24) is 0 Å². The molecule has 0 saturated heterocycles. The number of benzene rings is 1. The Bertz CT molecular complexity index is 652. The molecule has 170 valence electrons. The number of hydrogen-bond donors (Lipinski definition) is 1. The summed E-state index contributed by atoms with van der Waals surface area (Å²) in [4.78, 5) is 0. The third-order valence-corrected chi connectivity index (χ3v) is 6.68. The molecule has 0 amide bonds. The summed E-state index contributed by atoms with van der Waals surface area (Å²) in [5, 5.41) is 10.7. The third-order valence-electron chi connectivity index (χ3n) is 6.68. The van der Waals surface area contributed by atoms with Crippen LogP contribution in [0.5, 0.6) is 5.75 Å². The SMILES string of the molecule is C=CC[N+](C)(C[C@H](O)COc1ccc(C(C)(C)CC(C)(C)C)cc1)C1CCCCC1. The van der Waals surface area contributed by atoms with Gasteiger partial charge >= 0.3 is 0 Å². The molecule has 0 radical (unpaired) electrons. The Labute approximate surface area is 185 Å². The van der Waals surface area contributed by atoms with Crippen molar-refractivity contribution in [3.8, 4) is 5.75 Å². The second-order valence-electron chi connectivity index (χ2n) is 11.5. The van der Waals surface area contributed by atoms with Crippen LogP contribution in [-0.4, -0.2) is 48.5 Å². The van der Waals surface area contributed by atoms with Crippen LogP contribution < -0.4 is 4.74 Å². The van der Waals surface area contributed by atoms with E-state index in [-0.39, 0.29) is 10.8 Å². The zero-order valence-corrected chi connectivity index (χ0v) is 20.4. The molecule has 3 heteroatoms. The van der Waals surface area contributed by atoms with Crippen molar-refractivity contribution >= 4 is 0 Å². The van der Waals surface area contributed by atoms with Gasteiger partial charge in [-0.2, -0.15) is 0 Å². The van der Waals surface area contributed by atoms with Crippen LogP contribution in [-0.2, 0) is 5.41 Å². The minimum absolute atomic E-state index is 0.125. The normalized spacial score (nSPS) is 19.2. The van der Waals surface area contributed by atoms with Crippen molar-refractivity contribution in [2.24, 2.45) is 5.41 Å². The minimum atomic E-state index is -0.478. The highest BCUT2D eigenvalue weighted by atomic mass is 16.5. The molecule has 0 aromatic heterocycles. The molecule has 1 saturated carbocycles. The van der Waals surface area contributed by atoms with Crippen LogP contribution in [0, 0.1) is 5.41 Å². The molecule has 2 rings (SSSR count). The van der Waals surface area contributed by atoms with Crippen LogP contribution in [0.15, 0.2) is 36.9 Å². The van der Waals surface area contributed by atoms with E-state index in [2.05, 4.69) is 60.4 Å². The number of aliphatic hydroxyl groups excluding tert-OH is 1. The highest BCUT2D eigenvalue weighted by Gasteiger charge is 2.35. The summed E-state index contributed by atoms with van der Waals surface area (Å²) >= 11 is 0. The molecule has 1 aromatic carbocycles. The van der Waals surface area contributed by atoms with Crippen molar-refractivity contribution in [3.63, 3.8) is 0 Å². The Hall–Kier alpha value is -1.32. The van der Waals surface area contributed by atoms with Gasteiger partial charge in [0, 0.05) is 0 Å². The van der Waals surface area contributed by atoms with Gasteiger partial charge in [0.2, 0.25) is 0 Å². The topological polar surface area (TPSA) is 29.5 Å². The average Bonchev–Trinajstić information content (AvgIpc) is 2.66. The lowest BCUT2D eigenvalue weighted by molar-refractivity contribution is -0.932. The molecule has 1 aliphatic carbocycles. The molecule has 3 nitrogen and oxygen atoms in total. The molecule has 0 bridgehead atoms. The average molecular weight is 417 g/mol. The molecule has 1 N–H and O–H groups in total. The van der Waals surface area contributed by atoms with E-state index in [1.54, 1.807) is 0 Å². The molecule has 1 aromatic rings. The zero-order chi connectivity index (χ0) is 22.4. The van der Waals surface area contributed by atoms with Gasteiger partial charge in [-0.25, -0.2) is 0 Å². The fourth-order valence-electron chi connectivity index (χ4n) is 5.53. The summed E-state index contributed by atoms with van der Waals surface area (Å²) in [5.41, 5.74) is 1.75. The van der Waals surface area contributed by atoms with Gasteiger partial charge in [-0.3, -0.25) is 0 Å². The van der Waals surface area contributed by atoms with Crippen molar-refractivity contribution in [2.45, 2.75) is 90.7 Å². The van der Waals surface area contributed by atoms with Crippen LogP contribution in [0.3, 0.4) is 0 Å². The van der Waals surface area contributed by atoms with Gasteiger partial charge < -0.3 is 14.3 Å². The predicted octanol–water partition coefficient (Wildman–Crippen LogP) is 6.11.